The molecule has 0 bridgehead atoms. The van der Waals surface area contributed by atoms with Crippen LogP contribution in [-0.2, 0) is 14.3 Å². The van der Waals surface area contributed by atoms with Crippen LogP contribution < -0.4 is 0 Å². The molecule has 1 N–H and O–H groups in total. The monoisotopic (exact) mass is 235 g/mol. The van der Waals surface area contributed by atoms with Gasteiger partial charge in [0, 0.05) is 6.54 Å². The van der Waals surface area contributed by atoms with Gasteiger partial charge in [-0.15, -0.1) is 0 Å². The second-order valence-electron chi connectivity index (χ2n) is 4.19. The highest BCUT2D eigenvalue weighted by molar-refractivity contribution is 7.85. The molecule has 1 aliphatic carbocycles. The lowest BCUT2D eigenvalue weighted by Gasteiger charge is -2.24. The van der Waals surface area contributed by atoms with Crippen molar-refractivity contribution in [2.45, 2.75) is 18.4 Å². The summed E-state index contributed by atoms with van der Waals surface area (Å²) in [5, 5.41) is 8.93. The molecule has 1 amide bonds. The minimum atomic E-state index is -3.49. The summed E-state index contributed by atoms with van der Waals surface area (Å²) >= 11 is 0. The molecule has 7 heteroatoms. The zero-order valence-electron chi connectivity index (χ0n) is 8.34. The van der Waals surface area contributed by atoms with Crippen molar-refractivity contribution < 1.29 is 22.5 Å². The van der Waals surface area contributed by atoms with Gasteiger partial charge in [0.25, 0.3) is 10.1 Å². The molecule has 15 heavy (non-hydrogen) atoms. The highest BCUT2D eigenvalue weighted by atomic mass is 32.2. The van der Waals surface area contributed by atoms with Gasteiger partial charge in [-0.3, -0.25) is 4.18 Å². The second kappa shape index (κ2) is 3.08. The van der Waals surface area contributed by atoms with Crippen LogP contribution in [0, 0.1) is 5.92 Å². The zero-order chi connectivity index (χ0) is 11.3. The van der Waals surface area contributed by atoms with Crippen LogP contribution in [0.1, 0.15) is 12.8 Å². The Hall–Kier alpha value is -0.820. The standard InChI is InChI=1S/C8H13NO5S/c1-15(12,13)14-5-8-4-6(8)2-3-9(8)7(10)11/h6H,2-5H2,1H3,(H,10,11). The number of carboxylic acid groups (broad SMARTS) is 1. The molecule has 1 heterocycles. The molecule has 1 saturated heterocycles. The SMILES string of the molecule is CS(=O)(=O)OCC12CC1CCN2C(=O)O. The molecule has 2 fully saturated rings. The van der Waals surface area contributed by atoms with Crippen molar-refractivity contribution in [1.82, 2.24) is 4.90 Å². The van der Waals surface area contributed by atoms with Crippen molar-refractivity contribution in [3.05, 3.63) is 0 Å². The van der Waals surface area contributed by atoms with Gasteiger partial charge in [0.05, 0.1) is 18.4 Å². The quantitative estimate of drug-likeness (QED) is 0.702. The largest absolute Gasteiger partial charge is 0.465 e. The molecule has 0 aromatic carbocycles. The smallest absolute Gasteiger partial charge is 0.407 e. The van der Waals surface area contributed by atoms with E-state index in [1.807, 2.05) is 0 Å². The number of nitrogens with zero attached hydrogens (tertiary/aromatic N) is 1. The van der Waals surface area contributed by atoms with Crippen LogP contribution in [-0.4, -0.2) is 49.5 Å². The van der Waals surface area contributed by atoms with Gasteiger partial charge in [-0.1, -0.05) is 0 Å². The van der Waals surface area contributed by atoms with Crippen molar-refractivity contribution in [3.63, 3.8) is 0 Å². The fourth-order valence-electron chi connectivity index (χ4n) is 2.33. The number of likely N-dealkylation sites (tertiary alicyclic amines) is 1. The third kappa shape index (κ3) is 1.81. The Kier molecular flexibility index (Phi) is 2.20. The molecule has 2 aliphatic rings. The van der Waals surface area contributed by atoms with Gasteiger partial charge < -0.3 is 10.0 Å². The maximum atomic E-state index is 10.9. The molecule has 0 radical (unpaired) electrons. The Bertz CT molecular complexity index is 392. The summed E-state index contributed by atoms with van der Waals surface area (Å²) in [6.07, 6.45) is 1.50. The summed E-state index contributed by atoms with van der Waals surface area (Å²) in [5.41, 5.74) is -0.561. The van der Waals surface area contributed by atoms with Crippen molar-refractivity contribution in [3.8, 4) is 0 Å². The molecule has 2 unspecified atom stereocenters. The molecule has 0 spiro atoms. The highest BCUT2D eigenvalue weighted by Gasteiger charge is 2.64. The van der Waals surface area contributed by atoms with Gasteiger partial charge in [0.2, 0.25) is 0 Å². The van der Waals surface area contributed by atoms with E-state index in [4.69, 9.17) is 9.29 Å². The van der Waals surface area contributed by atoms with E-state index in [0.29, 0.717) is 6.54 Å². The van der Waals surface area contributed by atoms with E-state index < -0.39 is 21.8 Å². The van der Waals surface area contributed by atoms with Gasteiger partial charge >= 0.3 is 6.09 Å². The lowest BCUT2D eigenvalue weighted by molar-refractivity contribution is 0.107. The van der Waals surface area contributed by atoms with Gasteiger partial charge in [0.15, 0.2) is 0 Å². The number of piperidine rings is 1. The lowest BCUT2D eigenvalue weighted by Crippen LogP contribution is -2.42. The van der Waals surface area contributed by atoms with Crippen LogP contribution >= 0.6 is 0 Å². The molecule has 2 rings (SSSR count). The molecule has 1 saturated carbocycles. The van der Waals surface area contributed by atoms with Crippen molar-refractivity contribution >= 4 is 16.2 Å². The fourth-order valence-corrected chi connectivity index (χ4v) is 2.74. The summed E-state index contributed by atoms with van der Waals surface area (Å²) in [4.78, 5) is 12.2. The number of carbonyl (C=O) groups is 1. The first-order chi connectivity index (χ1) is 6.85. The van der Waals surface area contributed by atoms with Crippen molar-refractivity contribution in [2.75, 3.05) is 19.4 Å². The number of fused-ring (bicyclic) bond motifs is 1. The predicted molar refractivity (Wildman–Crippen MR) is 51.0 cm³/mol. The number of hydrogen-bond donors (Lipinski definition) is 1. The van der Waals surface area contributed by atoms with Crippen LogP contribution in [0.15, 0.2) is 0 Å². The van der Waals surface area contributed by atoms with Crippen LogP contribution in [0.5, 0.6) is 0 Å². The maximum Gasteiger partial charge on any atom is 0.407 e. The first-order valence-electron chi connectivity index (χ1n) is 4.70. The Labute approximate surface area is 87.9 Å². The van der Waals surface area contributed by atoms with Crippen molar-refractivity contribution in [2.24, 2.45) is 5.92 Å². The Balaban J connectivity index is 2.05. The van der Waals surface area contributed by atoms with Gasteiger partial charge in [-0.25, -0.2) is 4.79 Å². The second-order valence-corrected chi connectivity index (χ2v) is 5.84. The van der Waals surface area contributed by atoms with E-state index in [1.165, 1.54) is 4.90 Å². The molecule has 86 valence electrons. The van der Waals surface area contributed by atoms with Crippen LogP contribution in [0.25, 0.3) is 0 Å². The van der Waals surface area contributed by atoms with Gasteiger partial charge in [-0.2, -0.15) is 8.42 Å². The van der Waals surface area contributed by atoms with E-state index in [0.717, 1.165) is 19.1 Å². The Morgan fingerprint density at radius 1 is 1.67 bits per heavy atom. The average molecular weight is 235 g/mol. The molecule has 0 aromatic heterocycles. The molecule has 1 aliphatic heterocycles. The number of amides is 1. The van der Waals surface area contributed by atoms with Crippen LogP contribution in [0.2, 0.25) is 0 Å². The van der Waals surface area contributed by atoms with Crippen LogP contribution in [0.4, 0.5) is 4.79 Å². The van der Waals surface area contributed by atoms with Crippen molar-refractivity contribution in [1.29, 1.82) is 0 Å². The summed E-state index contributed by atoms with van der Waals surface area (Å²) in [6, 6.07) is 0. The summed E-state index contributed by atoms with van der Waals surface area (Å²) in [6.45, 7) is 0.440. The first kappa shape index (κ1) is 10.7. The molecule has 0 aromatic rings. The van der Waals surface area contributed by atoms with E-state index in [9.17, 15) is 13.2 Å². The van der Waals surface area contributed by atoms with E-state index in [-0.39, 0.29) is 12.5 Å². The summed E-state index contributed by atoms with van der Waals surface area (Å²) in [7, 11) is -3.49. The zero-order valence-corrected chi connectivity index (χ0v) is 9.16. The average Bonchev–Trinajstić information content (AvgIpc) is 2.68. The predicted octanol–water partition coefficient (Wildman–Crippen LogP) is 0.105. The number of rotatable bonds is 3. The van der Waals surface area contributed by atoms with Gasteiger partial charge in [0.1, 0.15) is 0 Å². The van der Waals surface area contributed by atoms with E-state index >= 15 is 0 Å². The van der Waals surface area contributed by atoms with E-state index in [1.54, 1.807) is 0 Å². The minimum absolute atomic E-state index is 0.0389. The summed E-state index contributed by atoms with van der Waals surface area (Å²) < 4.78 is 26.4. The summed E-state index contributed by atoms with van der Waals surface area (Å²) in [5.74, 6) is 0.273. The number of hydrogen-bond acceptors (Lipinski definition) is 4. The minimum Gasteiger partial charge on any atom is -0.465 e. The Morgan fingerprint density at radius 3 is 2.80 bits per heavy atom. The molecule has 2 atom stereocenters. The normalized spacial score (nSPS) is 33.9. The first-order valence-corrected chi connectivity index (χ1v) is 6.52. The molecular formula is C8H13NO5S. The highest BCUT2D eigenvalue weighted by Crippen LogP contribution is 2.55. The molecular weight excluding hydrogens is 222 g/mol. The third-order valence-electron chi connectivity index (χ3n) is 3.19. The van der Waals surface area contributed by atoms with Crippen LogP contribution in [0.3, 0.4) is 0 Å². The third-order valence-corrected chi connectivity index (χ3v) is 3.74. The topological polar surface area (TPSA) is 83.9 Å². The van der Waals surface area contributed by atoms with Gasteiger partial charge in [-0.05, 0) is 18.8 Å². The van der Waals surface area contributed by atoms with E-state index in [2.05, 4.69) is 0 Å². The molecule has 6 nitrogen and oxygen atoms in total. The fraction of sp³-hybridized carbons (Fsp3) is 0.875. The maximum absolute atomic E-state index is 10.9. The Morgan fingerprint density at radius 2 is 2.33 bits per heavy atom. The lowest BCUT2D eigenvalue weighted by atomic mass is 10.2.